The summed E-state index contributed by atoms with van der Waals surface area (Å²) in [5.41, 5.74) is 9.00. The van der Waals surface area contributed by atoms with Gasteiger partial charge in [-0.3, -0.25) is 0 Å². The van der Waals surface area contributed by atoms with Gasteiger partial charge in [0.2, 0.25) is 0 Å². The third-order valence-electron chi connectivity index (χ3n) is 2.78. The molecular formula is C15H15NO2S. The van der Waals surface area contributed by atoms with Crippen molar-refractivity contribution in [2.45, 2.75) is 17.6 Å². The van der Waals surface area contributed by atoms with Gasteiger partial charge in [-0.1, -0.05) is 18.2 Å². The summed E-state index contributed by atoms with van der Waals surface area (Å²) in [6.07, 6.45) is 0. The monoisotopic (exact) mass is 273 g/mol. The molecule has 0 atom stereocenters. The molecule has 0 aliphatic heterocycles. The maximum Gasteiger partial charge on any atom is 0.335 e. The van der Waals surface area contributed by atoms with E-state index in [0.717, 1.165) is 21.9 Å². The number of aromatic carboxylic acids is 1. The number of carboxylic acid groups (broad SMARTS) is 1. The number of benzene rings is 2. The lowest BCUT2D eigenvalue weighted by Crippen LogP contribution is -1.96. The summed E-state index contributed by atoms with van der Waals surface area (Å²) in [6, 6.07) is 12.8. The zero-order valence-corrected chi connectivity index (χ0v) is 11.4. The van der Waals surface area contributed by atoms with E-state index >= 15 is 0 Å². The van der Waals surface area contributed by atoms with Crippen LogP contribution in [0.4, 0.5) is 5.69 Å². The number of carbonyl (C=O) groups is 1. The topological polar surface area (TPSA) is 63.3 Å². The first-order chi connectivity index (χ1) is 9.06. The van der Waals surface area contributed by atoms with Crippen molar-refractivity contribution < 1.29 is 9.90 Å². The van der Waals surface area contributed by atoms with Gasteiger partial charge >= 0.3 is 5.97 Å². The van der Waals surface area contributed by atoms with Gasteiger partial charge in [0.15, 0.2) is 0 Å². The highest BCUT2D eigenvalue weighted by atomic mass is 32.2. The van der Waals surface area contributed by atoms with Crippen molar-refractivity contribution in [3.63, 3.8) is 0 Å². The third kappa shape index (κ3) is 3.51. The molecule has 98 valence electrons. The smallest absolute Gasteiger partial charge is 0.335 e. The highest BCUT2D eigenvalue weighted by Gasteiger charge is 2.05. The van der Waals surface area contributed by atoms with Gasteiger partial charge in [0.05, 0.1) is 5.56 Å². The Morgan fingerprint density at radius 1 is 1.26 bits per heavy atom. The fourth-order valence-corrected chi connectivity index (χ4v) is 2.74. The molecule has 4 heteroatoms. The number of anilines is 1. The Kier molecular flexibility index (Phi) is 4.12. The number of nitrogens with two attached hydrogens (primary N) is 1. The minimum Gasteiger partial charge on any atom is -0.478 e. The molecule has 0 bridgehead atoms. The first kappa shape index (κ1) is 13.5. The molecule has 0 aliphatic carbocycles. The summed E-state index contributed by atoms with van der Waals surface area (Å²) in [7, 11) is 0. The summed E-state index contributed by atoms with van der Waals surface area (Å²) >= 11 is 1.66. The van der Waals surface area contributed by atoms with Crippen LogP contribution in [0.1, 0.15) is 21.5 Å². The molecule has 0 aromatic heterocycles. The predicted molar refractivity (Wildman–Crippen MR) is 78.6 cm³/mol. The molecule has 19 heavy (non-hydrogen) atoms. The van der Waals surface area contributed by atoms with Crippen molar-refractivity contribution in [3.8, 4) is 0 Å². The van der Waals surface area contributed by atoms with Crippen LogP contribution >= 0.6 is 11.8 Å². The lowest BCUT2D eigenvalue weighted by Gasteiger charge is -2.07. The number of aryl methyl sites for hydroxylation is 1. The van der Waals surface area contributed by atoms with Gasteiger partial charge in [-0.25, -0.2) is 4.79 Å². The minimum atomic E-state index is -0.896. The van der Waals surface area contributed by atoms with Crippen molar-refractivity contribution >= 4 is 23.4 Å². The van der Waals surface area contributed by atoms with E-state index in [1.165, 1.54) is 5.56 Å². The molecule has 0 unspecified atom stereocenters. The number of thioether (sulfide) groups is 1. The predicted octanol–water partition coefficient (Wildman–Crippen LogP) is 3.57. The third-order valence-corrected chi connectivity index (χ3v) is 4.01. The molecule has 0 amide bonds. The maximum absolute atomic E-state index is 10.9. The van der Waals surface area contributed by atoms with Gasteiger partial charge in [0, 0.05) is 16.3 Å². The van der Waals surface area contributed by atoms with Crippen LogP contribution in [0.15, 0.2) is 47.4 Å². The number of hydrogen-bond donors (Lipinski definition) is 2. The Morgan fingerprint density at radius 2 is 2.05 bits per heavy atom. The second-order valence-corrected chi connectivity index (χ2v) is 5.34. The molecular weight excluding hydrogens is 258 g/mol. The van der Waals surface area contributed by atoms with Crippen molar-refractivity contribution in [2.24, 2.45) is 0 Å². The van der Waals surface area contributed by atoms with Crippen LogP contribution in [0.25, 0.3) is 0 Å². The Labute approximate surface area is 116 Å². The second-order valence-electron chi connectivity index (χ2n) is 4.32. The Balaban J connectivity index is 2.12. The zero-order valence-electron chi connectivity index (χ0n) is 10.6. The average Bonchev–Trinajstić information content (AvgIpc) is 2.40. The highest BCUT2D eigenvalue weighted by Crippen LogP contribution is 2.28. The quantitative estimate of drug-likeness (QED) is 0.660. The normalized spacial score (nSPS) is 10.4. The molecule has 3 nitrogen and oxygen atoms in total. The van der Waals surface area contributed by atoms with Crippen LogP contribution in [0, 0.1) is 6.92 Å². The van der Waals surface area contributed by atoms with Crippen LogP contribution in [0.5, 0.6) is 0 Å². The van der Waals surface area contributed by atoms with E-state index < -0.39 is 5.97 Å². The zero-order chi connectivity index (χ0) is 13.8. The Morgan fingerprint density at radius 3 is 2.79 bits per heavy atom. The van der Waals surface area contributed by atoms with E-state index in [4.69, 9.17) is 10.8 Å². The van der Waals surface area contributed by atoms with Crippen molar-refractivity contribution in [1.29, 1.82) is 0 Å². The number of nitrogen functional groups attached to an aromatic ring is 1. The lowest BCUT2D eigenvalue weighted by atomic mass is 10.1. The van der Waals surface area contributed by atoms with E-state index in [1.54, 1.807) is 30.0 Å². The summed E-state index contributed by atoms with van der Waals surface area (Å²) in [5.74, 6) is -0.169. The molecule has 2 aromatic carbocycles. The molecule has 0 fully saturated rings. The lowest BCUT2D eigenvalue weighted by molar-refractivity contribution is 0.0697. The highest BCUT2D eigenvalue weighted by molar-refractivity contribution is 7.98. The van der Waals surface area contributed by atoms with E-state index in [1.807, 2.05) is 31.2 Å². The molecule has 3 N–H and O–H groups in total. The summed E-state index contributed by atoms with van der Waals surface area (Å²) in [6.45, 7) is 2.04. The molecule has 0 aliphatic rings. The van der Waals surface area contributed by atoms with Gasteiger partial charge in [-0.05, 0) is 42.3 Å². The van der Waals surface area contributed by atoms with Crippen LogP contribution < -0.4 is 5.73 Å². The van der Waals surface area contributed by atoms with Gasteiger partial charge in [-0.15, -0.1) is 11.8 Å². The molecule has 0 spiro atoms. The summed E-state index contributed by atoms with van der Waals surface area (Å²) in [5, 5.41) is 8.95. The van der Waals surface area contributed by atoms with Gasteiger partial charge in [0.25, 0.3) is 0 Å². The maximum atomic E-state index is 10.9. The average molecular weight is 273 g/mol. The second kappa shape index (κ2) is 5.80. The fourth-order valence-electron chi connectivity index (χ4n) is 1.73. The first-order valence-electron chi connectivity index (χ1n) is 5.87. The van der Waals surface area contributed by atoms with Crippen LogP contribution in [-0.2, 0) is 5.75 Å². The molecule has 0 heterocycles. The van der Waals surface area contributed by atoms with Crippen molar-refractivity contribution in [3.05, 3.63) is 59.2 Å². The minimum absolute atomic E-state index is 0.322. The molecule has 2 rings (SSSR count). The first-order valence-corrected chi connectivity index (χ1v) is 6.86. The van der Waals surface area contributed by atoms with Crippen molar-refractivity contribution in [1.82, 2.24) is 0 Å². The Bertz CT molecular complexity index is 611. The number of hydrogen-bond acceptors (Lipinski definition) is 3. The summed E-state index contributed by atoms with van der Waals surface area (Å²) < 4.78 is 0. The molecule has 0 saturated heterocycles. The SMILES string of the molecule is Cc1ccc(N)cc1SCc1cccc(C(=O)O)c1. The van der Waals surface area contributed by atoms with Crippen LogP contribution in [-0.4, -0.2) is 11.1 Å². The van der Waals surface area contributed by atoms with E-state index in [0.29, 0.717) is 5.56 Å². The summed E-state index contributed by atoms with van der Waals surface area (Å²) in [4.78, 5) is 12.0. The van der Waals surface area contributed by atoms with Gasteiger partial charge in [0.1, 0.15) is 0 Å². The fraction of sp³-hybridized carbons (Fsp3) is 0.133. The number of carboxylic acids is 1. The van der Waals surface area contributed by atoms with E-state index in [9.17, 15) is 4.79 Å². The van der Waals surface area contributed by atoms with E-state index in [-0.39, 0.29) is 0 Å². The van der Waals surface area contributed by atoms with Gasteiger partial charge in [-0.2, -0.15) is 0 Å². The van der Waals surface area contributed by atoms with Gasteiger partial charge < -0.3 is 10.8 Å². The number of rotatable bonds is 4. The van der Waals surface area contributed by atoms with E-state index in [2.05, 4.69) is 0 Å². The van der Waals surface area contributed by atoms with Crippen molar-refractivity contribution in [2.75, 3.05) is 5.73 Å². The van der Waals surface area contributed by atoms with Crippen LogP contribution in [0.2, 0.25) is 0 Å². The Hall–Kier alpha value is -1.94. The largest absolute Gasteiger partial charge is 0.478 e. The standard InChI is InChI=1S/C15H15NO2S/c1-10-5-6-13(16)8-14(10)19-9-11-3-2-4-12(7-11)15(17)18/h2-8H,9,16H2,1H3,(H,17,18). The molecule has 2 aromatic rings. The molecule has 0 saturated carbocycles. The molecule has 0 radical (unpaired) electrons. The van der Waals surface area contributed by atoms with Crippen LogP contribution in [0.3, 0.4) is 0 Å².